The van der Waals surface area contributed by atoms with Gasteiger partial charge in [0.25, 0.3) is 0 Å². The van der Waals surface area contributed by atoms with E-state index in [-0.39, 0.29) is 17.4 Å². The molecule has 2 aromatic carbocycles. The number of methoxy groups -OCH3 is 1. The predicted octanol–water partition coefficient (Wildman–Crippen LogP) is 4.10. The van der Waals surface area contributed by atoms with Crippen molar-refractivity contribution in [1.82, 2.24) is 0 Å². The molecule has 1 aliphatic carbocycles. The molecule has 0 fully saturated rings. The Balaban J connectivity index is 2.10. The third kappa shape index (κ3) is 3.91. The zero-order valence-corrected chi connectivity index (χ0v) is 15.9. The Bertz CT molecular complexity index is 860. The Morgan fingerprint density at radius 3 is 2.36 bits per heavy atom. The molecule has 6 heteroatoms. The molecule has 0 amide bonds. The number of ether oxygens (including phenoxy) is 2. The molecule has 3 rings (SSSR count). The van der Waals surface area contributed by atoms with Crippen LogP contribution in [-0.2, 0) is 9.53 Å². The van der Waals surface area contributed by atoms with Crippen LogP contribution < -0.4 is 4.74 Å². The van der Waals surface area contributed by atoms with Crippen molar-refractivity contribution in [3.05, 3.63) is 87.5 Å². The van der Waals surface area contributed by atoms with E-state index in [2.05, 4.69) is 0 Å². The standard InChI is InChI=1S/C22H23NO5/c1-3-28-22(24)19-14-13-18(15-7-5-4-6-8-15)21(23(25)26)20(19)16-9-11-17(27-2)12-10-16/h4-12,14,18,20-21H,3,13H2,1-2H3/t18-,20-,21+/m0/s1. The van der Waals surface area contributed by atoms with Crippen LogP contribution in [0.15, 0.2) is 66.2 Å². The minimum absolute atomic E-state index is 0.219. The first-order chi connectivity index (χ1) is 13.6. The maximum Gasteiger partial charge on any atom is 0.334 e. The van der Waals surface area contributed by atoms with E-state index in [9.17, 15) is 14.9 Å². The number of benzene rings is 2. The SMILES string of the molecule is CCOC(=O)C1=CC[C@@H](c2ccccc2)[C@@H]([N+](=O)[O-])[C@H]1c1ccc(OC)cc1. The number of rotatable bonds is 6. The van der Waals surface area contributed by atoms with Crippen LogP contribution in [-0.4, -0.2) is 30.7 Å². The molecule has 1 aliphatic rings. The van der Waals surface area contributed by atoms with Crippen LogP contribution in [0.1, 0.15) is 36.3 Å². The first-order valence-corrected chi connectivity index (χ1v) is 9.26. The normalized spacial score (nSPS) is 21.5. The smallest absolute Gasteiger partial charge is 0.334 e. The van der Waals surface area contributed by atoms with Crippen molar-refractivity contribution < 1.29 is 19.2 Å². The Morgan fingerprint density at radius 1 is 1.11 bits per heavy atom. The molecule has 3 atom stereocenters. The molecule has 0 heterocycles. The number of nitro groups is 1. The summed E-state index contributed by atoms with van der Waals surface area (Å²) in [6.07, 6.45) is 2.21. The van der Waals surface area contributed by atoms with Gasteiger partial charge in [-0.3, -0.25) is 10.1 Å². The number of allylic oxidation sites excluding steroid dienone is 1. The molecule has 0 aromatic heterocycles. The number of carbonyl (C=O) groups excluding carboxylic acids is 1. The van der Waals surface area contributed by atoms with Crippen molar-refractivity contribution in [3.8, 4) is 5.75 Å². The van der Waals surface area contributed by atoms with Gasteiger partial charge in [-0.25, -0.2) is 4.79 Å². The van der Waals surface area contributed by atoms with Gasteiger partial charge >= 0.3 is 5.97 Å². The predicted molar refractivity (Wildman–Crippen MR) is 105 cm³/mol. The topological polar surface area (TPSA) is 78.7 Å². The van der Waals surface area contributed by atoms with Crippen LogP contribution in [0.5, 0.6) is 5.75 Å². The lowest BCUT2D eigenvalue weighted by Crippen LogP contribution is -2.39. The molecule has 0 bridgehead atoms. The number of esters is 1. The highest BCUT2D eigenvalue weighted by molar-refractivity contribution is 5.90. The summed E-state index contributed by atoms with van der Waals surface area (Å²) >= 11 is 0. The fourth-order valence-electron chi connectivity index (χ4n) is 3.85. The summed E-state index contributed by atoms with van der Waals surface area (Å²) in [7, 11) is 1.56. The van der Waals surface area contributed by atoms with Gasteiger partial charge in [-0.15, -0.1) is 0 Å². The van der Waals surface area contributed by atoms with E-state index in [4.69, 9.17) is 9.47 Å². The Hall–Kier alpha value is -3.15. The zero-order chi connectivity index (χ0) is 20.1. The lowest BCUT2D eigenvalue weighted by Gasteiger charge is -2.32. The molecule has 2 aromatic rings. The van der Waals surface area contributed by atoms with Crippen molar-refractivity contribution in [2.24, 2.45) is 0 Å². The van der Waals surface area contributed by atoms with Crippen LogP contribution in [0.2, 0.25) is 0 Å². The molecular weight excluding hydrogens is 358 g/mol. The molecule has 28 heavy (non-hydrogen) atoms. The van der Waals surface area contributed by atoms with E-state index in [1.54, 1.807) is 44.4 Å². The molecule has 0 unspecified atom stereocenters. The van der Waals surface area contributed by atoms with Gasteiger partial charge in [0.15, 0.2) is 0 Å². The summed E-state index contributed by atoms with van der Waals surface area (Å²) < 4.78 is 10.4. The number of hydrogen-bond donors (Lipinski definition) is 0. The minimum atomic E-state index is -0.972. The molecule has 0 spiro atoms. The second kappa shape index (κ2) is 8.69. The van der Waals surface area contributed by atoms with Crippen molar-refractivity contribution >= 4 is 5.97 Å². The summed E-state index contributed by atoms with van der Waals surface area (Å²) in [5.41, 5.74) is 1.94. The van der Waals surface area contributed by atoms with Crippen molar-refractivity contribution in [2.75, 3.05) is 13.7 Å². The largest absolute Gasteiger partial charge is 0.497 e. The molecule has 0 aliphatic heterocycles. The quantitative estimate of drug-likeness (QED) is 0.428. The van der Waals surface area contributed by atoms with Gasteiger partial charge < -0.3 is 9.47 Å². The molecular formula is C22H23NO5. The van der Waals surface area contributed by atoms with E-state index < -0.39 is 17.9 Å². The average molecular weight is 381 g/mol. The number of hydrogen-bond acceptors (Lipinski definition) is 5. The summed E-state index contributed by atoms with van der Waals surface area (Å²) in [5, 5.41) is 12.2. The fourth-order valence-corrected chi connectivity index (χ4v) is 3.85. The molecule has 6 nitrogen and oxygen atoms in total. The van der Waals surface area contributed by atoms with Crippen molar-refractivity contribution in [3.63, 3.8) is 0 Å². The second-order valence-corrected chi connectivity index (χ2v) is 6.66. The Kier molecular flexibility index (Phi) is 6.09. The third-order valence-corrected chi connectivity index (χ3v) is 5.14. The van der Waals surface area contributed by atoms with Crippen molar-refractivity contribution in [2.45, 2.75) is 31.2 Å². The third-order valence-electron chi connectivity index (χ3n) is 5.14. The molecule has 0 radical (unpaired) electrons. The molecule has 0 saturated heterocycles. The average Bonchev–Trinajstić information content (AvgIpc) is 2.73. The second-order valence-electron chi connectivity index (χ2n) is 6.66. The van der Waals surface area contributed by atoms with E-state index in [0.29, 0.717) is 23.3 Å². The van der Waals surface area contributed by atoms with Gasteiger partial charge in [-0.2, -0.15) is 0 Å². The highest BCUT2D eigenvalue weighted by atomic mass is 16.6. The van der Waals surface area contributed by atoms with E-state index in [0.717, 1.165) is 5.56 Å². The number of nitrogens with zero attached hydrogens (tertiary/aromatic N) is 1. The molecule has 0 saturated carbocycles. The summed E-state index contributed by atoms with van der Waals surface area (Å²) in [4.78, 5) is 24.5. The summed E-state index contributed by atoms with van der Waals surface area (Å²) in [6.45, 7) is 1.94. The van der Waals surface area contributed by atoms with Gasteiger partial charge in [0.1, 0.15) is 5.75 Å². The first-order valence-electron chi connectivity index (χ1n) is 9.26. The van der Waals surface area contributed by atoms with Gasteiger partial charge in [-0.1, -0.05) is 48.5 Å². The van der Waals surface area contributed by atoms with Gasteiger partial charge in [0, 0.05) is 10.5 Å². The monoisotopic (exact) mass is 381 g/mol. The maximum absolute atomic E-state index is 12.6. The van der Waals surface area contributed by atoms with Crippen LogP contribution in [0.3, 0.4) is 0 Å². The lowest BCUT2D eigenvalue weighted by atomic mass is 9.71. The van der Waals surface area contributed by atoms with Gasteiger partial charge in [0.05, 0.1) is 25.6 Å². The zero-order valence-electron chi connectivity index (χ0n) is 15.9. The Morgan fingerprint density at radius 2 is 1.79 bits per heavy atom. The number of carbonyl (C=O) groups is 1. The van der Waals surface area contributed by atoms with Gasteiger partial charge in [0.2, 0.25) is 6.04 Å². The molecule has 0 N–H and O–H groups in total. The van der Waals surface area contributed by atoms with Gasteiger partial charge in [-0.05, 0) is 36.6 Å². The summed E-state index contributed by atoms with van der Waals surface area (Å²) in [5.74, 6) is -0.874. The highest BCUT2D eigenvalue weighted by Crippen LogP contribution is 2.44. The van der Waals surface area contributed by atoms with E-state index >= 15 is 0 Å². The lowest BCUT2D eigenvalue weighted by molar-refractivity contribution is -0.530. The van der Waals surface area contributed by atoms with Crippen LogP contribution >= 0.6 is 0 Å². The van der Waals surface area contributed by atoms with E-state index in [1.165, 1.54) is 0 Å². The van der Waals surface area contributed by atoms with E-state index in [1.807, 2.05) is 30.3 Å². The van der Waals surface area contributed by atoms with Crippen LogP contribution in [0, 0.1) is 10.1 Å². The highest BCUT2D eigenvalue weighted by Gasteiger charge is 2.47. The first kappa shape index (κ1) is 19.6. The fraction of sp³-hybridized carbons (Fsp3) is 0.318. The summed E-state index contributed by atoms with van der Waals surface area (Å²) in [6, 6.07) is 15.5. The van der Waals surface area contributed by atoms with Crippen LogP contribution in [0.4, 0.5) is 0 Å². The molecule has 146 valence electrons. The van der Waals surface area contributed by atoms with Crippen molar-refractivity contribution in [1.29, 1.82) is 0 Å². The van der Waals surface area contributed by atoms with Crippen LogP contribution in [0.25, 0.3) is 0 Å². The maximum atomic E-state index is 12.6. The Labute approximate surface area is 163 Å². The minimum Gasteiger partial charge on any atom is -0.497 e.